The molecule has 300 valence electrons. The highest BCUT2D eigenvalue weighted by Gasteiger charge is 2.50. The van der Waals surface area contributed by atoms with Crippen molar-refractivity contribution in [3.8, 4) is 0 Å². The van der Waals surface area contributed by atoms with Crippen molar-refractivity contribution in [1.29, 1.82) is 0 Å². The molecule has 0 aromatic rings. The lowest BCUT2D eigenvalue weighted by atomic mass is 9.77. The Morgan fingerprint density at radius 1 is 0.942 bits per heavy atom. The molecule has 3 heterocycles. The van der Waals surface area contributed by atoms with Gasteiger partial charge in [0.1, 0.15) is 12.1 Å². The Labute approximate surface area is 310 Å². The van der Waals surface area contributed by atoms with Gasteiger partial charge in [0, 0.05) is 44.6 Å². The third-order valence-electron chi connectivity index (χ3n) is 11.1. The Hall–Kier alpha value is -2.73. The zero-order chi connectivity index (χ0) is 38.7. The molecule has 3 aliphatic rings. The summed E-state index contributed by atoms with van der Waals surface area (Å²) in [6.45, 7) is 16.7. The van der Waals surface area contributed by atoms with Crippen LogP contribution in [0.1, 0.15) is 119 Å². The van der Waals surface area contributed by atoms with E-state index in [1.807, 2.05) is 13.8 Å². The molecule has 2 unspecified atom stereocenters. The minimum Gasteiger partial charge on any atom is -0.530 e. The first-order chi connectivity index (χ1) is 24.5. The van der Waals surface area contributed by atoms with E-state index in [1.165, 1.54) is 9.80 Å². The molecule has 52 heavy (non-hydrogen) atoms. The maximum atomic E-state index is 14.5. The quantitative estimate of drug-likeness (QED) is 0.1000. The second kappa shape index (κ2) is 19.6. The molecule has 2 bridgehead atoms. The van der Waals surface area contributed by atoms with E-state index >= 15 is 0 Å². The first-order valence-corrected chi connectivity index (χ1v) is 20.7. The van der Waals surface area contributed by atoms with Crippen LogP contribution in [0.25, 0.3) is 0 Å². The first-order valence-electron chi connectivity index (χ1n) is 19.4. The third-order valence-corrected chi connectivity index (χ3v) is 11.5. The van der Waals surface area contributed by atoms with Crippen LogP contribution < -0.4 is 10.6 Å². The Morgan fingerprint density at radius 2 is 1.52 bits per heavy atom. The van der Waals surface area contributed by atoms with Crippen LogP contribution in [0.3, 0.4) is 0 Å². The van der Waals surface area contributed by atoms with Gasteiger partial charge < -0.3 is 29.1 Å². The highest BCUT2D eigenvalue weighted by molar-refractivity contribution is 7.80. The summed E-state index contributed by atoms with van der Waals surface area (Å²) in [7, 11) is -4.96. The maximum Gasteiger partial charge on any atom is 0.418 e. The Morgan fingerprint density at radius 3 is 2.06 bits per heavy atom. The second-order valence-electron chi connectivity index (χ2n) is 15.5. The molecule has 0 aromatic heterocycles. The average molecular weight is 761 g/mol. The molecule has 0 saturated carbocycles. The zero-order valence-corrected chi connectivity index (χ0v) is 33.0. The molecule has 17 heteroatoms. The van der Waals surface area contributed by atoms with Gasteiger partial charge in [-0.15, -0.1) is 4.28 Å². The van der Waals surface area contributed by atoms with Crippen LogP contribution in [0.4, 0.5) is 9.59 Å². The molecule has 0 radical (unpaired) electrons. The SMILES string of the molecule is CCCC[N+](CCCC)(CCCC)C(CCC)CC(C)(C)C(ONC(=O)[C@@H]1CC[C@@H]2CN1C(=O)N2OS(=O)(=O)O)C(=O)N1CCCN(C(=O)[O-])CC1. The number of carboxylic acid groups (broad SMARTS) is 1. The van der Waals surface area contributed by atoms with E-state index in [4.69, 9.17) is 4.84 Å². The number of hydrogen-bond acceptors (Lipinski definition) is 9. The van der Waals surface area contributed by atoms with Crippen LogP contribution in [0.15, 0.2) is 0 Å². The number of hydroxylamine groups is 3. The van der Waals surface area contributed by atoms with Gasteiger partial charge >= 0.3 is 16.4 Å². The van der Waals surface area contributed by atoms with Gasteiger partial charge in [-0.25, -0.2) is 10.3 Å². The van der Waals surface area contributed by atoms with Gasteiger partial charge in [-0.3, -0.25) is 19.0 Å². The molecule has 2 N–H and O–H groups in total. The number of nitrogens with one attached hydrogen (secondary N) is 1. The highest BCUT2D eigenvalue weighted by Crippen LogP contribution is 2.37. The zero-order valence-electron chi connectivity index (χ0n) is 32.2. The van der Waals surface area contributed by atoms with Crippen molar-refractivity contribution in [2.24, 2.45) is 5.41 Å². The Bertz CT molecular complexity index is 1290. The molecule has 5 amide bonds. The van der Waals surface area contributed by atoms with Crippen molar-refractivity contribution in [1.82, 2.24) is 25.2 Å². The highest BCUT2D eigenvalue weighted by atomic mass is 32.3. The number of rotatable bonds is 21. The van der Waals surface area contributed by atoms with Gasteiger partial charge in [0.2, 0.25) is 0 Å². The van der Waals surface area contributed by atoms with E-state index in [2.05, 4.69) is 37.5 Å². The maximum absolute atomic E-state index is 14.5. The summed E-state index contributed by atoms with van der Waals surface area (Å²) in [6, 6.07) is -2.35. The molecule has 3 saturated heterocycles. The standard InChI is InChI=1S/C35H64N6O10S/c1-7-11-22-41(23-12-8-2,24-13-9-3)28(15-10-4)25-35(5,6)30(32(43)37-18-14-19-38(21-20-37)34(45)46)50-36-31(42)29-17-16-27-26-39(29)33(44)40(27)51-52(47,48)49/h27-30H,7-26H2,1-6H3,(H2-,36,42,45,46,47,48,49)/t27-,28?,29+,30?/m1/s1. The van der Waals surface area contributed by atoms with Gasteiger partial charge in [0.15, 0.2) is 6.10 Å². The number of carbonyl (C=O) groups is 4. The monoisotopic (exact) mass is 760 g/mol. The summed E-state index contributed by atoms with van der Waals surface area (Å²) >= 11 is 0. The number of urea groups is 1. The van der Waals surface area contributed by atoms with E-state index in [0.29, 0.717) is 24.4 Å². The topological polar surface area (TPSA) is 189 Å². The van der Waals surface area contributed by atoms with Crippen molar-refractivity contribution in [3.05, 3.63) is 0 Å². The van der Waals surface area contributed by atoms with E-state index in [-0.39, 0.29) is 51.0 Å². The molecular formula is C35H64N6O10S. The molecular weight excluding hydrogens is 696 g/mol. The Balaban J connectivity index is 1.93. The number of amides is 5. The van der Waals surface area contributed by atoms with Crippen LogP contribution in [-0.4, -0.2) is 138 Å². The number of quaternary nitrogens is 1. The van der Waals surface area contributed by atoms with E-state index in [9.17, 15) is 37.3 Å². The molecule has 0 spiro atoms. The Kier molecular flexibility index (Phi) is 16.4. The van der Waals surface area contributed by atoms with Crippen molar-refractivity contribution < 1.29 is 50.9 Å². The number of unbranched alkanes of at least 4 members (excludes halogenated alkanes) is 3. The molecule has 16 nitrogen and oxygen atoms in total. The lowest BCUT2D eigenvalue weighted by molar-refractivity contribution is -0.953. The number of hydrogen-bond donors (Lipinski definition) is 2. The van der Waals surface area contributed by atoms with Crippen molar-refractivity contribution >= 4 is 34.3 Å². The summed E-state index contributed by atoms with van der Waals surface area (Å²) in [6.07, 6.45) is 7.49. The minimum absolute atomic E-state index is 0.00891. The van der Waals surface area contributed by atoms with Crippen LogP contribution in [0.5, 0.6) is 0 Å². The molecule has 3 aliphatic heterocycles. The van der Waals surface area contributed by atoms with Crippen LogP contribution in [0, 0.1) is 5.41 Å². The van der Waals surface area contributed by atoms with Gasteiger partial charge in [-0.1, -0.05) is 67.2 Å². The summed E-state index contributed by atoms with van der Waals surface area (Å²) in [5, 5.41) is 12.2. The predicted molar refractivity (Wildman–Crippen MR) is 191 cm³/mol. The van der Waals surface area contributed by atoms with Crippen molar-refractivity contribution in [2.75, 3.05) is 52.4 Å². The van der Waals surface area contributed by atoms with Gasteiger partial charge in [0.25, 0.3) is 11.8 Å². The molecule has 3 rings (SSSR count). The molecule has 4 atom stereocenters. The van der Waals surface area contributed by atoms with Gasteiger partial charge in [-0.05, 0) is 44.9 Å². The number of nitrogens with zero attached hydrogens (tertiary/aromatic N) is 5. The molecule has 0 aliphatic carbocycles. The van der Waals surface area contributed by atoms with Crippen molar-refractivity contribution in [2.45, 2.75) is 143 Å². The lowest BCUT2D eigenvalue weighted by Gasteiger charge is -2.49. The largest absolute Gasteiger partial charge is 0.530 e. The number of piperidine rings is 1. The number of fused-ring (bicyclic) bond motifs is 2. The fourth-order valence-corrected chi connectivity index (χ4v) is 8.63. The van der Waals surface area contributed by atoms with Crippen LogP contribution in [0.2, 0.25) is 0 Å². The predicted octanol–water partition coefficient (Wildman–Crippen LogP) is 3.09. The average Bonchev–Trinajstić information content (AvgIpc) is 3.24. The van der Waals surface area contributed by atoms with Gasteiger partial charge in [0.05, 0.1) is 31.7 Å². The lowest BCUT2D eigenvalue weighted by Crippen LogP contribution is -2.60. The smallest absolute Gasteiger partial charge is 0.418 e. The van der Waals surface area contributed by atoms with Crippen molar-refractivity contribution in [3.63, 3.8) is 0 Å². The summed E-state index contributed by atoms with van der Waals surface area (Å²) in [4.78, 5) is 63.0. The molecule has 3 fully saturated rings. The first kappa shape index (κ1) is 43.7. The summed E-state index contributed by atoms with van der Waals surface area (Å²) < 4.78 is 37.4. The third kappa shape index (κ3) is 11.4. The fraction of sp³-hybridized carbons (Fsp3) is 0.886. The van der Waals surface area contributed by atoms with Gasteiger partial charge in [-0.2, -0.15) is 13.5 Å². The van der Waals surface area contributed by atoms with E-state index in [1.54, 1.807) is 4.90 Å². The second-order valence-corrected chi connectivity index (χ2v) is 16.5. The van der Waals surface area contributed by atoms with Crippen LogP contribution >= 0.6 is 0 Å². The van der Waals surface area contributed by atoms with Crippen LogP contribution in [-0.2, 0) is 29.1 Å². The number of carbonyl (C=O) groups excluding carboxylic acids is 4. The summed E-state index contributed by atoms with van der Waals surface area (Å²) in [5.74, 6) is -1.03. The molecule has 0 aromatic carbocycles. The fourth-order valence-electron chi connectivity index (χ4n) is 8.24. The minimum atomic E-state index is -4.96. The van der Waals surface area contributed by atoms with E-state index < -0.39 is 52.0 Å². The normalized spacial score (nSPS) is 21.2. The summed E-state index contributed by atoms with van der Waals surface area (Å²) in [5.41, 5.74) is 1.72. The van der Waals surface area contributed by atoms with E-state index in [0.717, 1.165) is 75.5 Å².